The normalized spacial score (nSPS) is 15.5. The summed E-state index contributed by atoms with van der Waals surface area (Å²) in [5.74, 6) is 4.74. The molecule has 0 radical (unpaired) electrons. The first-order valence-corrected chi connectivity index (χ1v) is 3.15. The molecule has 0 spiro atoms. The van der Waals surface area contributed by atoms with Crippen LogP contribution in [0.25, 0.3) is 0 Å². The molecule has 54 valence electrons. The third-order valence-electron chi connectivity index (χ3n) is 1.21. The van der Waals surface area contributed by atoms with Gasteiger partial charge in [0.2, 0.25) is 0 Å². The monoisotopic (exact) mass is 146 g/mol. The zero-order valence-corrected chi connectivity index (χ0v) is 6.05. The third kappa shape index (κ3) is 1.65. The van der Waals surface area contributed by atoms with Crippen LogP contribution in [0.2, 0.25) is 0 Å². The molecule has 0 atom stereocenters. The highest BCUT2D eigenvalue weighted by Crippen LogP contribution is 2.02. The molecule has 0 aromatic rings. The predicted octanol–water partition coefficient (Wildman–Crippen LogP) is 0.644. The Hall–Kier alpha value is -1.62. The van der Waals surface area contributed by atoms with Gasteiger partial charge in [0, 0.05) is 6.08 Å². The van der Waals surface area contributed by atoms with Crippen LogP contribution in [0.5, 0.6) is 0 Å². The second-order valence-electron chi connectivity index (χ2n) is 2.03. The Kier molecular flexibility index (Phi) is 2.03. The number of carbonyl (C=O) groups excluding carboxylic acids is 2. The number of rotatable bonds is 0. The number of hydrogen-bond acceptors (Lipinski definition) is 2. The Labute approximate surface area is 64.6 Å². The van der Waals surface area contributed by atoms with E-state index in [1.807, 2.05) is 0 Å². The van der Waals surface area contributed by atoms with Gasteiger partial charge in [0.25, 0.3) is 0 Å². The zero-order chi connectivity index (χ0) is 8.27. The standard InChI is InChI=1S/C9H6O2/c1-2-3-7-6-8(10)4-5-9(7)11/h4-6H,1H3. The van der Waals surface area contributed by atoms with Crippen LogP contribution in [0, 0.1) is 11.8 Å². The average molecular weight is 146 g/mol. The first-order chi connectivity index (χ1) is 5.24. The van der Waals surface area contributed by atoms with E-state index in [4.69, 9.17) is 0 Å². The van der Waals surface area contributed by atoms with Crippen molar-refractivity contribution in [3.8, 4) is 11.8 Å². The Balaban J connectivity index is 3.00. The maximum atomic E-state index is 10.9. The molecule has 2 heteroatoms. The van der Waals surface area contributed by atoms with E-state index >= 15 is 0 Å². The smallest absolute Gasteiger partial charge is 0.194 e. The number of allylic oxidation sites excluding steroid dienone is 4. The lowest BCUT2D eigenvalue weighted by molar-refractivity contribution is -0.114. The van der Waals surface area contributed by atoms with Gasteiger partial charge in [-0.3, -0.25) is 9.59 Å². The van der Waals surface area contributed by atoms with E-state index in [1.165, 1.54) is 18.2 Å². The van der Waals surface area contributed by atoms with Gasteiger partial charge >= 0.3 is 0 Å². The molecular weight excluding hydrogens is 140 g/mol. The molecule has 0 saturated carbocycles. The maximum Gasteiger partial charge on any atom is 0.194 e. The summed E-state index contributed by atoms with van der Waals surface area (Å²) in [7, 11) is 0. The third-order valence-corrected chi connectivity index (χ3v) is 1.21. The molecule has 0 aromatic heterocycles. The summed E-state index contributed by atoms with van der Waals surface area (Å²) in [6, 6.07) is 0. The molecular formula is C9H6O2. The van der Waals surface area contributed by atoms with Crippen molar-refractivity contribution in [3.05, 3.63) is 23.8 Å². The van der Waals surface area contributed by atoms with E-state index < -0.39 is 0 Å². The second kappa shape index (κ2) is 2.98. The van der Waals surface area contributed by atoms with E-state index in [9.17, 15) is 9.59 Å². The van der Waals surface area contributed by atoms with Crippen LogP contribution < -0.4 is 0 Å². The maximum absolute atomic E-state index is 10.9. The van der Waals surface area contributed by atoms with Crippen molar-refractivity contribution < 1.29 is 9.59 Å². The molecule has 0 bridgehead atoms. The largest absolute Gasteiger partial charge is 0.290 e. The molecule has 0 saturated heterocycles. The van der Waals surface area contributed by atoms with Gasteiger partial charge in [0.05, 0.1) is 5.57 Å². The SMILES string of the molecule is CC#CC1=CC(=O)C=CC1=O. The van der Waals surface area contributed by atoms with Crippen LogP contribution in [0.4, 0.5) is 0 Å². The first kappa shape index (κ1) is 7.49. The second-order valence-corrected chi connectivity index (χ2v) is 2.03. The summed E-state index contributed by atoms with van der Waals surface area (Å²) in [6.07, 6.45) is 3.73. The molecule has 0 fully saturated rings. The fourth-order valence-corrected chi connectivity index (χ4v) is 0.741. The van der Waals surface area contributed by atoms with Gasteiger partial charge in [-0.2, -0.15) is 0 Å². The quantitative estimate of drug-likeness (QED) is 0.371. The first-order valence-electron chi connectivity index (χ1n) is 3.15. The molecule has 1 rings (SSSR count). The van der Waals surface area contributed by atoms with E-state index in [0.717, 1.165) is 0 Å². The molecule has 0 unspecified atom stereocenters. The highest BCUT2D eigenvalue weighted by atomic mass is 16.1. The van der Waals surface area contributed by atoms with Crippen molar-refractivity contribution in [2.45, 2.75) is 6.92 Å². The molecule has 0 amide bonds. The lowest BCUT2D eigenvalue weighted by Crippen LogP contribution is -2.05. The van der Waals surface area contributed by atoms with Crippen molar-refractivity contribution in [1.29, 1.82) is 0 Å². The molecule has 0 aliphatic heterocycles. The van der Waals surface area contributed by atoms with E-state index in [2.05, 4.69) is 11.8 Å². The van der Waals surface area contributed by atoms with Gasteiger partial charge in [-0.1, -0.05) is 5.92 Å². The van der Waals surface area contributed by atoms with E-state index in [0.29, 0.717) is 0 Å². The lowest BCUT2D eigenvalue weighted by Gasteiger charge is -1.96. The highest BCUT2D eigenvalue weighted by molar-refractivity contribution is 6.19. The summed E-state index contributed by atoms with van der Waals surface area (Å²) >= 11 is 0. The molecule has 1 aliphatic carbocycles. The fraction of sp³-hybridized carbons (Fsp3) is 0.111. The van der Waals surface area contributed by atoms with Crippen LogP contribution in [0.15, 0.2) is 23.8 Å². The van der Waals surface area contributed by atoms with Crippen LogP contribution in [-0.2, 0) is 9.59 Å². The zero-order valence-electron chi connectivity index (χ0n) is 6.05. The summed E-state index contributed by atoms with van der Waals surface area (Å²) in [5, 5.41) is 0. The summed E-state index contributed by atoms with van der Waals surface area (Å²) in [6.45, 7) is 1.62. The molecule has 0 N–H and O–H groups in total. The number of hydrogen-bond donors (Lipinski definition) is 0. The van der Waals surface area contributed by atoms with Gasteiger partial charge in [0.1, 0.15) is 0 Å². The van der Waals surface area contributed by atoms with Crippen LogP contribution in [0.3, 0.4) is 0 Å². The molecule has 1 aliphatic rings. The summed E-state index contributed by atoms with van der Waals surface area (Å²) in [4.78, 5) is 21.6. The Bertz CT molecular complexity index is 321. The molecule has 2 nitrogen and oxygen atoms in total. The van der Waals surface area contributed by atoms with Gasteiger partial charge in [0.15, 0.2) is 11.6 Å². The van der Waals surface area contributed by atoms with Gasteiger partial charge in [-0.25, -0.2) is 0 Å². The van der Waals surface area contributed by atoms with Crippen molar-refractivity contribution in [2.75, 3.05) is 0 Å². The van der Waals surface area contributed by atoms with E-state index in [1.54, 1.807) is 6.92 Å². The minimum Gasteiger partial charge on any atom is -0.290 e. The average Bonchev–Trinajstić information content (AvgIpc) is 1.98. The van der Waals surface area contributed by atoms with E-state index in [-0.39, 0.29) is 17.1 Å². The van der Waals surface area contributed by atoms with Crippen molar-refractivity contribution in [2.24, 2.45) is 0 Å². The van der Waals surface area contributed by atoms with Gasteiger partial charge < -0.3 is 0 Å². The molecule has 0 heterocycles. The van der Waals surface area contributed by atoms with Crippen molar-refractivity contribution in [1.82, 2.24) is 0 Å². The van der Waals surface area contributed by atoms with Crippen molar-refractivity contribution >= 4 is 11.6 Å². The topological polar surface area (TPSA) is 34.1 Å². The Morgan fingerprint density at radius 2 is 2.00 bits per heavy atom. The Morgan fingerprint density at radius 3 is 2.64 bits per heavy atom. The van der Waals surface area contributed by atoms with Gasteiger partial charge in [-0.05, 0) is 19.1 Å². The Morgan fingerprint density at radius 1 is 1.27 bits per heavy atom. The number of ketones is 2. The lowest BCUT2D eigenvalue weighted by atomic mass is 10.0. The highest BCUT2D eigenvalue weighted by Gasteiger charge is 2.09. The summed E-state index contributed by atoms with van der Waals surface area (Å²) in [5.41, 5.74) is 0.278. The molecule has 0 aromatic carbocycles. The van der Waals surface area contributed by atoms with Crippen LogP contribution in [-0.4, -0.2) is 11.6 Å². The van der Waals surface area contributed by atoms with Gasteiger partial charge in [-0.15, -0.1) is 5.92 Å². The minimum absolute atomic E-state index is 0.178. The van der Waals surface area contributed by atoms with Crippen LogP contribution in [0.1, 0.15) is 6.92 Å². The summed E-state index contributed by atoms with van der Waals surface area (Å²) < 4.78 is 0. The molecule has 11 heavy (non-hydrogen) atoms. The predicted molar refractivity (Wildman–Crippen MR) is 40.7 cm³/mol. The number of carbonyl (C=O) groups is 2. The van der Waals surface area contributed by atoms with Crippen molar-refractivity contribution in [3.63, 3.8) is 0 Å². The fourth-order valence-electron chi connectivity index (χ4n) is 0.741. The van der Waals surface area contributed by atoms with Crippen LogP contribution >= 0.6 is 0 Å². The minimum atomic E-state index is -0.195.